The zero-order valence-electron chi connectivity index (χ0n) is 16.8. The van der Waals surface area contributed by atoms with Crippen LogP contribution in [0.4, 0.5) is 0 Å². The van der Waals surface area contributed by atoms with Crippen LogP contribution >= 0.6 is 6.89 Å². The van der Waals surface area contributed by atoms with Crippen LogP contribution in [0.5, 0.6) is 0 Å². The molecule has 0 unspecified atom stereocenters. The minimum Gasteiger partial charge on any atom is -0.416 e. The summed E-state index contributed by atoms with van der Waals surface area (Å²) in [7, 11) is -0.0646. The maximum atomic E-state index is 6.01. The molecule has 1 nitrogen and oxygen atoms in total. The largest absolute Gasteiger partial charge is 0.416 e. The van der Waals surface area contributed by atoms with Crippen LogP contribution in [0, 0.1) is 0 Å². The lowest BCUT2D eigenvalue weighted by molar-refractivity contribution is 0.416. The van der Waals surface area contributed by atoms with Gasteiger partial charge in [0.1, 0.15) is 0 Å². The molecule has 3 aromatic carbocycles. The highest BCUT2D eigenvalue weighted by atomic mass is 31.2. The lowest BCUT2D eigenvalue weighted by Gasteiger charge is -2.30. The lowest BCUT2D eigenvalue weighted by Crippen LogP contribution is -2.51. The van der Waals surface area contributed by atoms with Gasteiger partial charge in [-0.05, 0) is 64.5 Å². The quantitative estimate of drug-likeness (QED) is 0.357. The Balaban J connectivity index is 2.10. The van der Waals surface area contributed by atoms with Crippen LogP contribution in [-0.2, 0) is 4.43 Å². The highest BCUT2D eigenvalue weighted by Gasteiger charge is 2.33. The fourth-order valence-corrected chi connectivity index (χ4v) is 10.3. The van der Waals surface area contributed by atoms with Gasteiger partial charge in [-0.1, -0.05) is 79.7 Å². The summed E-state index contributed by atoms with van der Waals surface area (Å²) >= 11 is 0. The van der Waals surface area contributed by atoms with Crippen LogP contribution in [0.15, 0.2) is 72.8 Å². The Bertz CT molecular complexity index is 1030. The molecule has 0 heterocycles. The normalized spacial score (nSPS) is 13.4. The SMILES string of the molecule is CO[Si](C)(C)c1ccccc1P(C)(C)=C1c2ccccc2-c2ccccc21. The van der Waals surface area contributed by atoms with Crippen LogP contribution < -0.4 is 10.5 Å². The predicted molar refractivity (Wildman–Crippen MR) is 124 cm³/mol. The number of rotatable bonds is 3. The van der Waals surface area contributed by atoms with Gasteiger partial charge in [0.2, 0.25) is 8.32 Å². The van der Waals surface area contributed by atoms with Gasteiger partial charge in [0.15, 0.2) is 0 Å². The molecule has 0 saturated heterocycles. The van der Waals surface area contributed by atoms with Gasteiger partial charge in [0.25, 0.3) is 0 Å². The first-order valence-electron chi connectivity index (χ1n) is 9.44. The number of hydrogen-bond acceptors (Lipinski definition) is 1. The van der Waals surface area contributed by atoms with Crippen molar-refractivity contribution in [1.82, 2.24) is 0 Å². The van der Waals surface area contributed by atoms with Gasteiger partial charge < -0.3 is 4.43 Å². The molecule has 0 aromatic heterocycles. The van der Waals surface area contributed by atoms with E-state index in [1.165, 1.54) is 38.0 Å². The molecule has 0 spiro atoms. The highest BCUT2D eigenvalue weighted by Crippen LogP contribution is 2.49. The second-order valence-electron chi connectivity index (χ2n) is 8.12. The minimum absolute atomic E-state index is 1.37. The second-order valence-corrected chi connectivity index (χ2v) is 15.9. The van der Waals surface area contributed by atoms with Crippen LogP contribution in [0.1, 0.15) is 11.1 Å². The maximum Gasteiger partial charge on any atom is 0.218 e. The summed E-state index contributed by atoms with van der Waals surface area (Å²) in [5.74, 6) is 0. The monoisotopic (exact) mass is 390 g/mol. The zero-order chi connectivity index (χ0) is 19.2. The van der Waals surface area contributed by atoms with Crippen LogP contribution in [0.3, 0.4) is 0 Å². The van der Waals surface area contributed by atoms with Crippen LogP contribution in [0.25, 0.3) is 11.1 Å². The van der Waals surface area contributed by atoms with Crippen molar-refractivity contribution in [3.63, 3.8) is 0 Å². The molecule has 0 aliphatic heterocycles. The average Bonchev–Trinajstić information content (AvgIpc) is 3.03. The van der Waals surface area contributed by atoms with Gasteiger partial charge in [0.05, 0.1) is 0 Å². The predicted octanol–water partition coefficient (Wildman–Crippen LogP) is 4.90. The Morgan fingerprint density at radius 3 is 1.63 bits per heavy atom. The molecule has 1 aliphatic rings. The molecule has 3 heteroatoms. The molecular formula is C24H27OPSi. The van der Waals surface area contributed by atoms with Gasteiger partial charge in [0, 0.05) is 7.11 Å². The van der Waals surface area contributed by atoms with Crippen molar-refractivity contribution in [3.8, 4) is 11.1 Å². The highest BCUT2D eigenvalue weighted by molar-refractivity contribution is 7.83. The molecule has 4 rings (SSSR count). The third-order valence-electron chi connectivity index (χ3n) is 5.88. The third kappa shape index (κ3) is 2.88. The van der Waals surface area contributed by atoms with Crippen molar-refractivity contribution in [1.29, 1.82) is 0 Å². The summed E-state index contributed by atoms with van der Waals surface area (Å²) in [6, 6.07) is 26.8. The summed E-state index contributed by atoms with van der Waals surface area (Å²) < 4.78 is 6.01. The average molecular weight is 391 g/mol. The van der Waals surface area contributed by atoms with Gasteiger partial charge in [-0.15, -0.1) is 0 Å². The van der Waals surface area contributed by atoms with E-state index in [-0.39, 0.29) is 0 Å². The molecule has 0 atom stereocenters. The summed E-state index contributed by atoms with van der Waals surface area (Å²) in [6.45, 7) is 7.96. The molecule has 27 heavy (non-hydrogen) atoms. The van der Waals surface area contributed by atoms with Crippen LogP contribution in [0.2, 0.25) is 13.1 Å². The Labute approximate surface area is 164 Å². The van der Waals surface area contributed by atoms with Crippen molar-refractivity contribution < 1.29 is 4.43 Å². The molecule has 3 aromatic rings. The third-order valence-corrected chi connectivity index (χ3v) is 12.0. The summed E-state index contributed by atoms with van der Waals surface area (Å²) in [6.07, 6.45) is 0. The molecule has 0 N–H and O–H groups in total. The van der Waals surface area contributed by atoms with E-state index in [2.05, 4.69) is 99.2 Å². The Morgan fingerprint density at radius 1 is 0.667 bits per heavy atom. The lowest BCUT2D eigenvalue weighted by atomic mass is 10.1. The van der Waals surface area contributed by atoms with E-state index in [9.17, 15) is 0 Å². The second kappa shape index (κ2) is 6.63. The number of hydrogen-bond donors (Lipinski definition) is 0. The molecule has 0 fully saturated rings. The van der Waals surface area contributed by atoms with E-state index >= 15 is 0 Å². The molecule has 0 radical (unpaired) electrons. The fourth-order valence-electron chi connectivity index (χ4n) is 4.30. The summed E-state index contributed by atoms with van der Waals surface area (Å²) in [5.41, 5.74) is 5.56. The summed E-state index contributed by atoms with van der Waals surface area (Å²) in [4.78, 5) is 0. The van der Waals surface area contributed by atoms with Crippen molar-refractivity contribution in [2.75, 3.05) is 20.4 Å². The smallest absolute Gasteiger partial charge is 0.218 e. The van der Waals surface area contributed by atoms with Gasteiger partial charge >= 0.3 is 0 Å². The molecular weight excluding hydrogens is 363 g/mol. The molecule has 0 saturated carbocycles. The Morgan fingerprint density at radius 2 is 1.11 bits per heavy atom. The van der Waals surface area contributed by atoms with Gasteiger partial charge in [-0.25, -0.2) is 0 Å². The van der Waals surface area contributed by atoms with Crippen molar-refractivity contribution in [2.24, 2.45) is 0 Å². The molecule has 0 bridgehead atoms. The van der Waals surface area contributed by atoms with Gasteiger partial charge in [-0.3, -0.25) is 0 Å². The Kier molecular flexibility index (Phi) is 4.54. The first kappa shape index (κ1) is 18.5. The molecule has 138 valence electrons. The zero-order valence-corrected chi connectivity index (χ0v) is 18.7. The number of fused-ring (bicyclic) bond motifs is 3. The van der Waals surface area contributed by atoms with Crippen molar-refractivity contribution in [2.45, 2.75) is 13.1 Å². The standard InChI is InChI=1S/C24H27OPSi/c1-25-27(4,5)23-17-11-10-16-22(23)26(2,3)24-20-14-8-6-12-18(20)19-13-7-9-15-21(19)24/h6-17H,1-5H3. The van der Waals surface area contributed by atoms with Crippen molar-refractivity contribution in [3.05, 3.63) is 83.9 Å². The van der Waals surface area contributed by atoms with Gasteiger partial charge in [-0.2, -0.15) is 0 Å². The minimum atomic E-state index is -1.93. The van der Waals surface area contributed by atoms with E-state index in [4.69, 9.17) is 4.43 Å². The summed E-state index contributed by atoms with van der Waals surface area (Å²) in [5, 5.41) is 4.45. The molecule has 0 amide bonds. The Hall–Kier alpha value is -1.86. The first-order valence-corrected chi connectivity index (χ1v) is 15.0. The van der Waals surface area contributed by atoms with E-state index in [0.717, 1.165) is 0 Å². The fraction of sp³-hybridized carbons (Fsp3) is 0.208. The topological polar surface area (TPSA) is 9.23 Å². The molecule has 1 aliphatic carbocycles. The first-order chi connectivity index (χ1) is 12.9. The van der Waals surface area contributed by atoms with E-state index in [0.29, 0.717) is 0 Å². The van der Waals surface area contributed by atoms with Crippen LogP contribution in [-0.4, -0.2) is 34.1 Å². The maximum absolute atomic E-state index is 6.01. The van der Waals surface area contributed by atoms with E-state index in [1.54, 1.807) is 0 Å². The van der Waals surface area contributed by atoms with Crippen molar-refractivity contribution >= 4 is 31.0 Å². The van der Waals surface area contributed by atoms with E-state index in [1.807, 2.05) is 7.11 Å². The number of benzene rings is 3. The van der Waals surface area contributed by atoms with E-state index < -0.39 is 15.2 Å².